The van der Waals surface area contributed by atoms with Gasteiger partial charge in [-0.3, -0.25) is 14.3 Å². The van der Waals surface area contributed by atoms with Gasteiger partial charge in [0.1, 0.15) is 0 Å². The van der Waals surface area contributed by atoms with Crippen LogP contribution in [0.3, 0.4) is 0 Å². The molecule has 0 unspecified atom stereocenters. The molecule has 2 rings (SSSR count). The van der Waals surface area contributed by atoms with Crippen LogP contribution in [0.4, 0.5) is 0 Å². The van der Waals surface area contributed by atoms with Gasteiger partial charge in [-0.2, -0.15) is 0 Å². The number of aryl methyl sites for hydroxylation is 1. The van der Waals surface area contributed by atoms with Crippen molar-refractivity contribution in [2.45, 2.75) is 20.0 Å². The Morgan fingerprint density at radius 1 is 1.30 bits per heavy atom. The third-order valence-electron chi connectivity index (χ3n) is 2.87. The number of carbonyl (C=O) groups is 1. The van der Waals surface area contributed by atoms with Gasteiger partial charge in [-0.25, -0.2) is 9.59 Å². The molecule has 0 aliphatic carbocycles. The topological polar surface area (TPSA) is 94.2 Å². The highest BCUT2D eigenvalue weighted by Crippen LogP contribution is 2.00. The minimum Gasteiger partial charge on any atom is -0.478 e. The van der Waals surface area contributed by atoms with Crippen LogP contribution >= 0.6 is 0 Å². The number of hydrogen-bond acceptors (Lipinski definition) is 4. The molecule has 0 aliphatic rings. The highest BCUT2D eigenvalue weighted by atomic mass is 16.4. The van der Waals surface area contributed by atoms with Crippen molar-refractivity contribution in [2.75, 3.05) is 0 Å². The quantitative estimate of drug-likeness (QED) is 0.858. The fourth-order valence-corrected chi connectivity index (χ4v) is 1.75. The maximum Gasteiger partial charge on any atom is 0.337 e. The van der Waals surface area contributed by atoms with E-state index in [0.29, 0.717) is 12.2 Å². The van der Waals surface area contributed by atoms with Crippen molar-refractivity contribution in [1.82, 2.24) is 14.1 Å². The van der Waals surface area contributed by atoms with Gasteiger partial charge in [0.15, 0.2) is 0 Å². The van der Waals surface area contributed by atoms with E-state index in [-0.39, 0.29) is 12.1 Å². The lowest BCUT2D eigenvalue weighted by Crippen LogP contribution is -2.39. The molecule has 0 radical (unpaired) electrons. The van der Waals surface area contributed by atoms with Gasteiger partial charge in [-0.05, 0) is 19.1 Å². The van der Waals surface area contributed by atoms with E-state index in [2.05, 4.69) is 4.98 Å². The zero-order chi connectivity index (χ0) is 14.7. The second-order valence-corrected chi connectivity index (χ2v) is 4.15. The molecular formula is C13H13N3O4. The van der Waals surface area contributed by atoms with E-state index in [9.17, 15) is 14.4 Å². The summed E-state index contributed by atoms with van der Waals surface area (Å²) in [6.07, 6.45) is 2.64. The highest BCUT2D eigenvalue weighted by molar-refractivity contribution is 5.87. The van der Waals surface area contributed by atoms with Gasteiger partial charge < -0.3 is 9.67 Å². The Kier molecular flexibility index (Phi) is 3.79. The van der Waals surface area contributed by atoms with Crippen LogP contribution in [0, 0.1) is 0 Å². The molecule has 0 amide bonds. The van der Waals surface area contributed by atoms with E-state index < -0.39 is 17.2 Å². The smallest absolute Gasteiger partial charge is 0.337 e. The lowest BCUT2D eigenvalue weighted by Gasteiger charge is -2.07. The molecule has 0 spiro atoms. The van der Waals surface area contributed by atoms with E-state index in [1.165, 1.54) is 35.2 Å². The fourth-order valence-electron chi connectivity index (χ4n) is 1.75. The summed E-state index contributed by atoms with van der Waals surface area (Å²) in [7, 11) is 0. The molecule has 0 saturated heterocycles. The third-order valence-corrected chi connectivity index (χ3v) is 2.87. The van der Waals surface area contributed by atoms with Crippen molar-refractivity contribution >= 4 is 5.97 Å². The van der Waals surface area contributed by atoms with Gasteiger partial charge in [-0.15, -0.1) is 0 Å². The van der Waals surface area contributed by atoms with Crippen molar-refractivity contribution in [3.8, 4) is 0 Å². The zero-order valence-electron chi connectivity index (χ0n) is 10.8. The molecule has 2 aromatic rings. The van der Waals surface area contributed by atoms with Gasteiger partial charge in [0.25, 0.3) is 5.56 Å². The number of nitrogens with zero attached hydrogens (tertiary/aromatic N) is 3. The van der Waals surface area contributed by atoms with Crippen LogP contribution in [0.25, 0.3) is 0 Å². The van der Waals surface area contributed by atoms with Crippen molar-refractivity contribution in [1.29, 1.82) is 0 Å². The van der Waals surface area contributed by atoms with Gasteiger partial charge in [-0.1, -0.05) is 0 Å². The molecule has 0 atom stereocenters. The predicted octanol–water partition coefficient (Wildman–Crippen LogP) is 0.171. The first kappa shape index (κ1) is 13.7. The molecule has 1 N–H and O–H groups in total. The molecule has 7 nitrogen and oxygen atoms in total. The maximum atomic E-state index is 12.0. The molecule has 2 aromatic heterocycles. The number of carboxylic acids is 1. The van der Waals surface area contributed by atoms with E-state index in [0.717, 1.165) is 4.57 Å². The second-order valence-electron chi connectivity index (χ2n) is 4.15. The minimum atomic E-state index is -1.07. The van der Waals surface area contributed by atoms with Crippen LogP contribution in [0.2, 0.25) is 0 Å². The molecule has 0 fully saturated rings. The van der Waals surface area contributed by atoms with Crippen molar-refractivity contribution in [2.24, 2.45) is 0 Å². The second kappa shape index (κ2) is 5.52. The first-order valence-corrected chi connectivity index (χ1v) is 6.01. The van der Waals surface area contributed by atoms with Gasteiger partial charge in [0, 0.05) is 25.0 Å². The molecule has 0 saturated carbocycles. The van der Waals surface area contributed by atoms with Gasteiger partial charge in [0.2, 0.25) is 0 Å². The summed E-state index contributed by atoms with van der Waals surface area (Å²) in [4.78, 5) is 38.4. The van der Waals surface area contributed by atoms with Gasteiger partial charge in [0.05, 0.1) is 17.8 Å². The van der Waals surface area contributed by atoms with Crippen molar-refractivity contribution in [3.63, 3.8) is 0 Å². The molecule has 0 aliphatic heterocycles. The summed E-state index contributed by atoms with van der Waals surface area (Å²) in [5.41, 5.74) is -0.323. The minimum absolute atomic E-state index is 0.0123. The molecule has 0 bridgehead atoms. The van der Waals surface area contributed by atoms with Crippen molar-refractivity contribution < 1.29 is 9.90 Å². The lowest BCUT2D eigenvalue weighted by atomic mass is 10.2. The summed E-state index contributed by atoms with van der Waals surface area (Å²) in [5, 5.41) is 8.77. The Morgan fingerprint density at radius 3 is 2.60 bits per heavy atom. The Hall–Kier alpha value is -2.70. The average Bonchev–Trinajstić information content (AvgIpc) is 2.44. The molecular weight excluding hydrogens is 262 g/mol. The standard InChI is InChI=1S/C13H13N3O4/c1-2-15-6-5-11(17)16(13(15)20)8-10-4-3-9(7-14-10)12(18)19/h3-7H,2,8H2,1H3,(H,18,19). The largest absolute Gasteiger partial charge is 0.478 e. The van der Waals surface area contributed by atoms with E-state index in [1.807, 2.05) is 0 Å². The molecule has 2 heterocycles. The maximum absolute atomic E-state index is 12.0. The number of aromatic nitrogens is 3. The Balaban J connectivity index is 2.37. The van der Waals surface area contributed by atoms with Crippen LogP contribution in [-0.4, -0.2) is 25.2 Å². The van der Waals surface area contributed by atoms with E-state index in [1.54, 1.807) is 6.92 Å². The molecule has 104 valence electrons. The van der Waals surface area contributed by atoms with Crippen molar-refractivity contribution in [3.05, 3.63) is 62.7 Å². The SMILES string of the molecule is CCn1ccc(=O)n(Cc2ccc(C(=O)O)cn2)c1=O. The fraction of sp³-hybridized carbons (Fsp3) is 0.231. The summed E-state index contributed by atoms with van der Waals surface area (Å²) >= 11 is 0. The number of carboxylic acid groups (broad SMARTS) is 1. The van der Waals surface area contributed by atoms with Crippen LogP contribution in [-0.2, 0) is 13.1 Å². The van der Waals surface area contributed by atoms with Crippen LogP contribution in [0.5, 0.6) is 0 Å². The van der Waals surface area contributed by atoms with E-state index in [4.69, 9.17) is 5.11 Å². The van der Waals surface area contributed by atoms with Crippen LogP contribution in [0.1, 0.15) is 23.0 Å². The monoisotopic (exact) mass is 275 g/mol. The summed E-state index contributed by atoms with van der Waals surface area (Å²) in [6.45, 7) is 2.28. The van der Waals surface area contributed by atoms with Crippen LogP contribution in [0.15, 0.2) is 40.2 Å². The number of pyridine rings is 1. The average molecular weight is 275 g/mol. The van der Waals surface area contributed by atoms with E-state index >= 15 is 0 Å². The van der Waals surface area contributed by atoms with Crippen LogP contribution < -0.4 is 11.2 Å². The Bertz CT molecular complexity index is 743. The molecule has 20 heavy (non-hydrogen) atoms. The zero-order valence-corrected chi connectivity index (χ0v) is 10.8. The Morgan fingerprint density at radius 2 is 2.05 bits per heavy atom. The summed E-state index contributed by atoms with van der Waals surface area (Å²) in [5.74, 6) is -1.07. The predicted molar refractivity (Wildman–Crippen MR) is 70.9 cm³/mol. The third kappa shape index (κ3) is 2.66. The highest BCUT2D eigenvalue weighted by Gasteiger charge is 2.07. The first-order valence-electron chi connectivity index (χ1n) is 6.01. The normalized spacial score (nSPS) is 10.4. The first-order chi connectivity index (χ1) is 9.52. The summed E-state index contributed by atoms with van der Waals surface area (Å²) < 4.78 is 2.47. The molecule has 7 heteroatoms. The summed E-state index contributed by atoms with van der Waals surface area (Å²) in [6, 6.07) is 4.19. The Labute approximate surface area is 113 Å². The number of hydrogen-bond donors (Lipinski definition) is 1. The number of aromatic carboxylic acids is 1. The van der Waals surface area contributed by atoms with Gasteiger partial charge >= 0.3 is 11.7 Å². The lowest BCUT2D eigenvalue weighted by molar-refractivity contribution is 0.0696. The molecule has 0 aromatic carbocycles. The number of rotatable bonds is 4.